The SMILES string of the molecule is CSCCC(NC(=O)c1ccc(CN(Cc2ccccc2)c2ccc3c(c2)OCO3)cc1-c1ccccc1C)C(=O)[O-].[Li+]. The van der Waals surface area contributed by atoms with Crippen molar-refractivity contribution < 1.29 is 43.0 Å². The number of hydrogen-bond acceptors (Lipinski definition) is 7. The van der Waals surface area contributed by atoms with Gasteiger partial charge in [-0.3, -0.25) is 4.79 Å². The van der Waals surface area contributed by atoms with Crippen molar-refractivity contribution in [3.63, 3.8) is 0 Å². The van der Waals surface area contributed by atoms with E-state index < -0.39 is 17.9 Å². The molecule has 0 spiro atoms. The van der Waals surface area contributed by atoms with Gasteiger partial charge in [0.1, 0.15) is 0 Å². The Morgan fingerprint density at radius 2 is 1.60 bits per heavy atom. The Bertz CT molecular complexity index is 1570. The smallest absolute Gasteiger partial charge is 0.548 e. The maximum Gasteiger partial charge on any atom is 1.00 e. The number of nitrogens with zero attached hydrogens (tertiary/aromatic N) is 1. The van der Waals surface area contributed by atoms with E-state index in [9.17, 15) is 14.7 Å². The molecule has 216 valence electrons. The van der Waals surface area contributed by atoms with Crippen LogP contribution in [0.1, 0.15) is 33.5 Å². The third kappa shape index (κ3) is 7.97. The summed E-state index contributed by atoms with van der Waals surface area (Å²) in [4.78, 5) is 27.5. The largest absolute Gasteiger partial charge is 1.00 e. The zero-order chi connectivity index (χ0) is 29.5. The molecule has 0 saturated carbocycles. The second kappa shape index (κ2) is 15.1. The summed E-state index contributed by atoms with van der Waals surface area (Å²) in [5.74, 6) is 0.309. The summed E-state index contributed by atoms with van der Waals surface area (Å²) < 4.78 is 11.2. The van der Waals surface area contributed by atoms with E-state index in [0.29, 0.717) is 30.2 Å². The van der Waals surface area contributed by atoms with Gasteiger partial charge in [0.2, 0.25) is 6.79 Å². The molecule has 5 rings (SSSR count). The normalized spacial score (nSPS) is 12.2. The number of carboxylic acids is 1. The number of nitrogens with one attached hydrogen (secondary N) is 1. The van der Waals surface area contributed by atoms with Crippen LogP contribution in [-0.4, -0.2) is 36.7 Å². The minimum Gasteiger partial charge on any atom is -0.548 e. The monoisotopic (exact) mass is 588 g/mol. The van der Waals surface area contributed by atoms with Crippen LogP contribution < -0.4 is 43.7 Å². The fourth-order valence-corrected chi connectivity index (χ4v) is 5.52. The van der Waals surface area contributed by atoms with E-state index in [1.54, 1.807) is 6.07 Å². The summed E-state index contributed by atoms with van der Waals surface area (Å²) in [5.41, 5.74) is 6.22. The first-order chi connectivity index (χ1) is 20.4. The van der Waals surface area contributed by atoms with Crippen molar-refractivity contribution in [2.24, 2.45) is 0 Å². The van der Waals surface area contributed by atoms with Crippen molar-refractivity contribution in [3.05, 3.63) is 113 Å². The molecule has 4 aromatic rings. The molecule has 0 aliphatic carbocycles. The predicted octanol–water partition coefficient (Wildman–Crippen LogP) is 2.20. The number of rotatable bonds is 12. The van der Waals surface area contributed by atoms with E-state index in [1.807, 2.05) is 86.0 Å². The van der Waals surface area contributed by atoms with Crippen LogP contribution in [0.15, 0.2) is 91.0 Å². The molecule has 1 heterocycles. The molecule has 0 fully saturated rings. The van der Waals surface area contributed by atoms with Gasteiger partial charge in [-0.2, -0.15) is 11.8 Å². The Kier molecular flexibility index (Phi) is 11.2. The molecule has 0 radical (unpaired) electrons. The van der Waals surface area contributed by atoms with Crippen molar-refractivity contribution in [2.75, 3.05) is 23.7 Å². The van der Waals surface area contributed by atoms with Crippen molar-refractivity contribution >= 4 is 29.3 Å². The number of carbonyl (C=O) groups excluding carboxylic acids is 2. The van der Waals surface area contributed by atoms with Gasteiger partial charge >= 0.3 is 18.9 Å². The number of ether oxygens (including phenoxy) is 2. The van der Waals surface area contributed by atoms with Gasteiger partial charge in [0.15, 0.2) is 11.5 Å². The van der Waals surface area contributed by atoms with Crippen LogP contribution in [0.4, 0.5) is 5.69 Å². The van der Waals surface area contributed by atoms with Crippen molar-refractivity contribution in [3.8, 4) is 22.6 Å². The number of carboxylic acid groups (broad SMARTS) is 1. The second-order valence-corrected chi connectivity index (χ2v) is 11.2. The van der Waals surface area contributed by atoms with Crippen LogP contribution in [0, 0.1) is 6.92 Å². The Hall–Kier alpha value is -3.83. The third-order valence-corrected chi connectivity index (χ3v) is 7.92. The minimum absolute atomic E-state index is 0. The molecule has 9 heteroatoms. The summed E-state index contributed by atoms with van der Waals surface area (Å²) in [6.07, 6.45) is 2.19. The minimum atomic E-state index is -1.29. The molecule has 1 N–H and O–H groups in total. The number of aryl methyl sites for hydroxylation is 1. The third-order valence-electron chi connectivity index (χ3n) is 7.28. The van der Waals surface area contributed by atoms with Gasteiger partial charge in [0, 0.05) is 30.4 Å². The first-order valence-corrected chi connectivity index (χ1v) is 15.2. The Labute approximate surface area is 268 Å². The fraction of sp³-hybridized carbons (Fsp3) is 0.235. The molecule has 0 saturated heterocycles. The fourth-order valence-electron chi connectivity index (χ4n) is 5.05. The maximum atomic E-state index is 13.5. The summed E-state index contributed by atoms with van der Waals surface area (Å²) >= 11 is 1.52. The van der Waals surface area contributed by atoms with Gasteiger partial charge in [0.05, 0.1) is 12.0 Å². The van der Waals surface area contributed by atoms with Gasteiger partial charge in [-0.1, -0.05) is 60.7 Å². The summed E-state index contributed by atoms with van der Waals surface area (Å²) in [6, 6.07) is 28.7. The molecule has 1 atom stereocenters. The maximum absolute atomic E-state index is 13.5. The van der Waals surface area contributed by atoms with Crippen LogP contribution in [0.3, 0.4) is 0 Å². The van der Waals surface area contributed by atoms with Crippen LogP contribution in [0.5, 0.6) is 11.5 Å². The van der Waals surface area contributed by atoms with E-state index in [-0.39, 0.29) is 32.1 Å². The number of anilines is 1. The predicted molar refractivity (Wildman–Crippen MR) is 165 cm³/mol. The molecular formula is C34H33LiN2O5S. The molecule has 1 aliphatic rings. The van der Waals surface area contributed by atoms with E-state index in [0.717, 1.165) is 39.3 Å². The second-order valence-electron chi connectivity index (χ2n) is 10.2. The average molecular weight is 589 g/mol. The van der Waals surface area contributed by atoms with E-state index >= 15 is 0 Å². The van der Waals surface area contributed by atoms with E-state index in [4.69, 9.17) is 9.47 Å². The van der Waals surface area contributed by atoms with Crippen LogP contribution in [-0.2, 0) is 17.9 Å². The molecule has 1 unspecified atom stereocenters. The van der Waals surface area contributed by atoms with Crippen LogP contribution in [0.2, 0.25) is 0 Å². The number of thioether (sulfide) groups is 1. The number of hydrogen-bond donors (Lipinski definition) is 1. The van der Waals surface area contributed by atoms with Gasteiger partial charge in [0.25, 0.3) is 5.91 Å². The molecule has 1 amide bonds. The number of carbonyl (C=O) groups is 2. The number of benzene rings is 4. The molecule has 0 bridgehead atoms. The molecule has 4 aromatic carbocycles. The standard InChI is InChI=1S/C34H34N2O5S.Li/c1-23-8-6-7-11-27(23)29-18-25(12-14-28(29)33(37)35-30(34(38)39)16-17-42-2)21-36(20-24-9-4-3-5-10-24)26-13-15-31-32(19-26)41-22-40-31;/h3-15,18-19,30H,16-17,20-22H2,1-2H3,(H,35,37)(H,38,39);/q;+1/p-1. The first kappa shape index (κ1) is 32.1. The first-order valence-electron chi connectivity index (χ1n) is 13.8. The molecule has 7 nitrogen and oxygen atoms in total. The van der Waals surface area contributed by atoms with Crippen molar-refractivity contribution in [1.82, 2.24) is 5.32 Å². The van der Waals surface area contributed by atoms with Gasteiger partial charge in [-0.25, -0.2) is 0 Å². The summed E-state index contributed by atoms with van der Waals surface area (Å²) in [6.45, 7) is 3.42. The topological polar surface area (TPSA) is 90.9 Å². The quantitative estimate of drug-likeness (QED) is 0.254. The number of aliphatic carboxylic acids is 1. The molecule has 1 aliphatic heterocycles. The Balaban J connectivity index is 0.00000423. The zero-order valence-electron chi connectivity index (χ0n) is 24.7. The summed E-state index contributed by atoms with van der Waals surface area (Å²) in [7, 11) is 0. The van der Waals surface area contributed by atoms with Gasteiger partial charge < -0.3 is 29.6 Å². The van der Waals surface area contributed by atoms with Crippen LogP contribution in [0.25, 0.3) is 11.1 Å². The van der Waals surface area contributed by atoms with Crippen molar-refractivity contribution in [2.45, 2.75) is 32.5 Å². The van der Waals surface area contributed by atoms with Crippen molar-refractivity contribution in [1.29, 1.82) is 0 Å². The average Bonchev–Trinajstić information content (AvgIpc) is 3.47. The van der Waals surface area contributed by atoms with Gasteiger partial charge in [-0.15, -0.1) is 0 Å². The van der Waals surface area contributed by atoms with Crippen LogP contribution >= 0.6 is 11.8 Å². The zero-order valence-corrected chi connectivity index (χ0v) is 25.5. The number of amides is 1. The van der Waals surface area contributed by atoms with E-state index in [1.165, 1.54) is 11.8 Å². The molecular weight excluding hydrogens is 555 g/mol. The molecule has 43 heavy (non-hydrogen) atoms. The Morgan fingerprint density at radius 1 is 0.884 bits per heavy atom. The molecule has 0 aromatic heterocycles. The number of fused-ring (bicyclic) bond motifs is 1. The van der Waals surface area contributed by atoms with Gasteiger partial charge in [-0.05, 0) is 77.4 Å². The summed E-state index contributed by atoms with van der Waals surface area (Å²) in [5, 5.41) is 14.4. The Morgan fingerprint density at radius 3 is 2.35 bits per heavy atom. The van der Waals surface area contributed by atoms with E-state index in [2.05, 4.69) is 22.3 Å².